The zero-order valence-corrected chi connectivity index (χ0v) is 8.33. The second-order valence-corrected chi connectivity index (χ2v) is 4.40. The Balaban J connectivity index is 3.36. The SMILES string of the molecule is CCCC[S@@](=O)C[C@H](O)CCl. The van der Waals surface area contributed by atoms with Gasteiger partial charge in [0.05, 0.1) is 11.9 Å². The predicted octanol–water partition coefficient (Wildman–Crippen LogP) is 1.13. The van der Waals surface area contributed by atoms with Crippen LogP contribution >= 0.6 is 11.6 Å². The molecule has 2 nitrogen and oxygen atoms in total. The highest BCUT2D eigenvalue weighted by Gasteiger charge is 2.06. The molecule has 0 fully saturated rings. The molecule has 68 valence electrons. The van der Waals surface area contributed by atoms with Gasteiger partial charge in [0.1, 0.15) is 0 Å². The number of aliphatic hydroxyl groups is 1. The van der Waals surface area contributed by atoms with E-state index in [2.05, 4.69) is 6.92 Å². The van der Waals surface area contributed by atoms with Crippen molar-refractivity contribution in [3.8, 4) is 0 Å². The normalized spacial score (nSPS) is 16.3. The lowest BCUT2D eigenvalue weighted by Crippen LogP contribution is -2.19. The molecule has 0 heterocycles. The summed E-state index contributed by atoms with van der Waals surface area (Å²) in [6, 6.07) is 0. The van der Waals surface area contributed by atoms with Gasteiger partial charge in [-0.2, -0.15) is 0 Å². The molecule has 0 spiro atoms. The van der Waals surface area contributed by atoms with Gasteiger partial charge in [0.25, 0.3) is 0 Å². The monoisotopic (exact) mass is 198 g/mol. The van der Waals surface area contributed by atoms with E-state index in [1.165, 1.54) is 0 Å². The van der Waals surface area contributed by atoms with Gasteiger partial charge in [-0.3, -0.25) is 4.21 Å². The lowest BCUT2D eigenvalue weighted by molar-refractivity contribution is 0.222. The Kier molecular flexibility index (Phi) is 7.33. The lowest BCUT2D eigenvalue weighted by atomic mass is 10.4. The van der Waals surface area contributed by atoms with E-state index in [1.54, 1.807) is 0 Å². The molecular weight excluding hydrogens is 184 g/mol. The standard InChI is InChI=1S/C7H15ClO2S/c1-2-3-4-11(10)6-7(9)5-8/h7,9H,2-6H2,1H3/t7-,11-/m1/s1. The van der Waals surface area contributed by atoms with Crippen molar-refractivity contribution in [2.45, 2.75) is 25.9 Å². The summed E-state index contributed by atoms with van der Waals surface area (Å²) in [5.41, 5.74) is 0. The fraction of sp³-hybridized carbons (Fsp3) is 1.00. The Bertz CT molecular complexity index is 119. The quantitative estimate of drug-likeness (QED) is 0.650. The number of hydrogen-bond acceptors (Lipinski definition) is 2. The third-order valence-corrected chi connectivity index (χ3v) is 3.14. The molecule has 0 radical (unpaired) electrons. The predicted molar refractivity (Wildman–Crippen MR) is 49.5 cm³/mol. The number of unbranched alkanes of at least 4 members (excludes halogenated alkanes) is 1. The third kappa shape index (κ3) is 6.78. The van der Waals surface area contributed by atoms with Crippen molar-refractivity contribution in [3.63, 3.8) is 0 Å². The van der Waals surface area contributed by atoms with Crippen LogP contribution < -0.4 is 0 Å². The topological polar surface area (TPSA) is 37.3 Å². The zero-order chi connectivity index (χ0) is 8.69. The van der Waals surface area contributed by atoms with Crippen molar-refractivity contribution < 1.29 is 9.32 Å². The Morgan fingerprint density at radius 1 is 1.64 bits per heavy atom. The second-order valence-electron chi connectivity index (χ2n) is 2.47. The molecule has 0 aliphatic carbocycles. The van der Waals surface area contributed by atoms with Crippen LogP contribution in [0, 0.1) is 0 Å². The molecule has 0 saturated heterocycles. The number of rotatable bonds is 6. The van der Waals surface area contributed by atoms with Crippen LogP contribution in [0.5, 0.6) is 0 Å². The van der Waals surface area contributed by atoms with E-state index >= 15 is 0 Å². The third-order valence-electron chi connectivity index (χ3n) is 1.28. The molecule has 1 N–H and O–H groups in total. The molecule has 0 unspecified atom stereocenters. The first-order chi connectivity index (χ1) is 5.20. The van der Waals surface area contributed by atoms with Gasteiger partial charge in [-0.1, -0.05) is 13.3 Å². The molecule has 4 heteroatoms. The number of hydrogen-bond donors (Lipinski definition) is 1. The number of alkyl halides is 1. The largest absolute Gasteiger partial charge is 0.391 e. The van der Waals surface area contributed by atoms with Gasteiger partial charge in [-0.15, -0.1) is 11.6 Å². The highest BCUT2D eigenvalue weighted by Crippen LogP contribution is 1.96. The Morgan fingerprint density at radius 3 is 2.73 bits per heavy atom. The van der Waals surface area contributed by atoms with Gasteiger partial charge in [-0.05, 0) is 6.42 Å². The Morgan fingerprint density at radius 2 is 2.27 bits per heavy atom. The molecule has 0 bridgehead atoms. The first-order valence-corrected chi connectivity index (χ1v) is 5.82. The summed E-state index contributed by atoms with van der Waals surface area (Å²) in [5.74, 6) is 1.19. The van der Waals surface area contributed by atoms with Crippen LogP contribution in [0.4, 0.5) is 0 Å². The maximum absolute atomic E-state index is 11.1. The van der Waals surface area contributed by atoms with E-state index < -0.39 is 16.9 Å². The van der Waals surface area contributed by atoms with Crippen LogP contribution in [0.1, 0.15) is 19.8 Å². The van der Waals surface area contributed by atoms with Crippen molar-refractivity contribution in [3.05, 3.63) is 0 Å². The minimum atomic E-state index is -0.884. The smallest absolute Gasteiger partial charge is 0.0790 e. The Hall–Kier alpha value is 0.400. The number of aliphatic hydroxyl groups excluding tert-OH is 1. The summed E-state index contributed by atoms with van der Waals surface area (Å²) in [5, 5.41) is 9.00. The van der Waals surface area contributed by atoms with Crippen LogP contribution in [-0.2, 0) is 10.8 Å². The summed E-state index contributed by atoms with van der Waals surface area (Å²) in [6.07, 6.45) is 1.40. The van der Waals surface area contributed by atoms with E-state index in [4.69, 9.17) is 16.7 Å². The van der Waals surface area contributed by atoms with Crippen LogP contribution in [0.3, 0.4) is 0 Å². The van der Waals surface area contributed by atoms with Crippen molar-refractivity contribution in [2.24, 2.45) is 0 Å². The summed E-state index contributed by atoms with van der Waals surface area (Å²) in [6.45, 7) is 2.05. The van der Waals surface area contributed by atoms with Crippen LogP contribution in [0.25, 0.3) is 0 Å². The fourth-order valence-electron chi connectivity index (χ4n) is 0.648. The summed E-state index contributed by atoms with van der Waals surface area (Å²) >= 11 is 5.35. The molecule has 0 amide bonds. The van der Waals surface area contributed by atoms with Crippen molar-refractivity contribution >= 4 is 22.4 Å². The van der Waals surface area contributed by atoms with Crippen molar-refractivity contribution in [2.75, 3.05) is 17.4 Å². The molecule has 2 atom stereocenters. The first-order valence-electron chi connectivity index (χ1n) is 3.79. The maximum atomic E-state index is 11.1. The molecule has 0 aromatic rings. The van der Waals surface area contributed by atoms with Crippen molar-refractivity contribution in [1.29, 1.82) is 0 Å². The highest BCUT2D eigenvalue weighted by atomic mass is 35.5. The van der Waals surface area contributed by atoms with Crippen LogP contribution in [0.15, 0.2) is 0 Å². The lowest BCUT2D eigenvalue weighted by Gasteiger charge is -2.05. The minimum absolute atomic E-state index is 0.178. The molecule has 11 heavy (non-hydrogen) atoms. The van der Waals surface area contributed by atoms with Gasteiger partial charge in [-0.25, -0.2) is 0 Å². The Labute approximate surface area is 75.4 Å². The zero-order valence-electron chi connectivity index (χ0n) is 6.75. The highest BCUT2D eigenvalue weighted by molar-refractivity contribution is 7.85. The summed E-state index contributed by atoms with van der Waals surface area (Å²) in [4.78, 5) is 0. The minimum Gasteiger partial charge on any atom is -0.391 e. The maximum Gasteiger partial charge on any atom is 0.0790 e. The molecule has 0 rings (SSSR count). The molecule has 0 aliphatic rings. The molecule has 0 aromatic heterocycles. The van der Waals surface area contributed by atoms with Gasteiger partial charge >= 0.3 is 0 Å². The van der Waals surface area contributed by atoms with Gasteiger partial charge in [0.2, 0.25) is 0 Å². The second kappa shape index (κ2) is 7.07. The van der Waals surface area contributed by atoms with E-state index in [-0.39, 0.29) is 5.88 Å². The number of halogens is 1. The van der Waals surface area contributed by atoms with E-state index in [1.807, 2.05) is 0 Å². The van der Waals surface area contributed by atoms with Crippen LogP contribution in [0.2, 0.25) is 0 Å². The fourth-order valence-corrected chi connectivity index (χ4v) is 2.21. The first kappa shape index (κ1) is 11.4. The van der Waals surface area contributed by atoms with Gasteiger partial charge in [0, 0.05) is 22.4 Å². The van der Waals surface area contributed by atoms with Gasteiger partial charge < -0.3 is 5.11 Å². The average Bonchev–Trinajstić information content (AvgIpc) is 2.00. The average molecular weight is 199 g/mol. The summed E-state index contributed by atoms with van der Waals surface area (Å²) < 4.78 is 11.1. The molecule has 0 saturated carbocycles. The summed E-state index contributed by atoms with van der Waals surface area (Å²) in [7, 11) is -0.884. The van der Waals surface area contributed by atoms with Gasteiger partial charge in [0.15, 0.2) is 0 Å². The van der Waals surface area contributed by atoms with E-state index in [9.17, 15) is 4.21 Å². The van der Waals surface area contributed by atoms with Crippen molar-refractivity contribution in [1.82, 2.24) is 0 Å². The van der Waals surface area contributed by atoms with E-state index in [0.717, 1.165) is 12.8 Å². The van der Waals surface area contributed by atoms with Crippen LogP contribution in [-0.4, -0.2) is 32.8 Å². The van der Waals surface area contributed by atoms with E-state index in [0.29, 0.717) is 11.5 Å². The molecule has 0 aromatic carbocycles. The molecular formula is C7H15ClO2S. The molecule has 0 aliphatic heterocycles.